The Morgan fingerprint density at radius 1 is 0.833 bits per heavy atom. The molecule has 0 aliphatic heterocycles. The van der Waals surface area contributed by atoms with Crippen LogP contribution >= 0.6 is 0 Å². The minimum atomic E-state index is 0. The highest BCUT2D eigenvalue weighted by atomic mass is 16.0. The molecular formula is C4H14O2. The molecule has 4 N–H and O–H groups in total. The summed E-state index contributed by atoms with van der Waals surface area (Å²) < 4.78 is 0. The summed E-state index contributed by atoms with van der Waals surface area (Å²) in [5.41, 5.74) is 0. The number of hydrogen-bond donors (Lipinski definition) is 0. The largest absolute Gasteiger partial charge is 0.412 e. The first-order chi connectivity index (χ1) is 1.73. The van der Waals surface area contributed by atoms with Crippen LogP contribution in [0.25, 0.3) is 0 Å². The van der Waals surface area contributed by atoms with Gasteiger partial charge in [0, 0.05) is 0 Å². The lowest BCUT2D eigenvalue weighted by Gasteiger charge is -1.79. The van der Waals surface area contributed by atoms with Crippen molar-refractivity contribution in [3.8, 4) is 0 Å². The predicted molar refractivity (Wildman–Crippen MR) is 27.7 cm³/mol. The molecule has 0 bridgehead atoms. The molecule has 2 heteroatoms. The topological polar surface area (TPSA) is 63.0 Å². The quantitative estimate of drug-likeness (QED) is 0.406. The predicted octanol–water partition coefficient (Wildman–Crippen LogP) is 0.0129. The summed E-state index contributed by atoms with van der Waals surface area (Å²) in [5, 5.41) is 0. The van der Waals surface area contributed by atoms with Crippen molar-refractivity contribution in [1.29, 1.82) is 0 Å². The highest BCUT2D eigenvalue weighted by Crippen LogP contribution is 1.81. The van der Waals surface area contributed by atoms with Gasteiger partial charge in [-0.2, -0.15) is 0 Å². The van der Waals surface area contributed by atoms with Gasteiger partial charge in [0.1, 0.15) is 0 Å². The van der Waals surface area contributed by atoms with Crippen molar-refractivity contribution in [2.75, 3.05) is 0 Å². The molecule has 0 amide bonds. The van der Waals surface area contributed by atoms with Crippen molar-refractivity contribution < 1.29 is 11.0 Å². The van der Waals surface area contributed by atoms with E-state index in [1.54, 1.807) is 0 Å². The van der Waals surface area contributed by atoms with Gasteiger partial charge in [-0.1, -0.05) is 20.8 Å². The normalized spacial score (nSPS) is 6.00. The van der Waals surface area contributed by atoms with Crippen molar-refractivity contribution in [2.45, 2.75) is 20.8 Å². The first-order valence-corrected chi connectivity index (χ1v) is 1.73. The van der Waals surface area contributed by atoms with Crippen molar-refractivity contribution in [3.05, 3.63) is 0 Å². The van der Waals surface area contributed by atoms with Crippen molar-refractivity contribution in [1.82, 2.24) is 0 Å². The Balaban J connectivity index is -0.0000000450. The highest BCUT2D eigenvalue weighted by molar-refractivity contribution is 4.20. The van der Waals surface area contributed by atoms with Gasteiger partial charge in [-0.3, -0.25) is 0 Å². The number of rotatable bonds is 0. The standard InChI is InChI=1S/C4H10.2H2O/c1-4(2)3;;/h4H,1-3H3;2*1H2. The van der Waals surface area contributed by atoms with Crippen LogP contribution in [-0.4, -0.2) is 11.0 Å². The first kappa shape index (κ1) is 16.8. The van der Waals surface area contributed by atoms with Crippen LogP contribution in [0.15, 0.2) is 0 Å². The molecule has 0 radical (unpaired) electrons. The molecule has 0 aromatic heterocycles. The molecule has 6 heavy (non-hydrogen) atoms. The van der Waals surface area contributed by atoms with Gasteiger partial charge in [0.2, 0.25) is 0 Å². The van der Waals surface area contributed by atoms with Gasteiger partial charge in [-0.15, -0.1) is 0 Å². The highest BCUT2D eigenvalue weighted by Gasteiger charge is 1.68. The summed E-state index contributed by atoms with van der Waals surface area (Å²) >= 11 is 0. The Hall–Kier alpha value is -0.0800. The lowest BCUT2D eigenvalue weighted by molar-refractivity contribution is 0.737. The Kier molecular flexibility index (Phi) is 24.8. The molecule has 0 heterocycles. The van der Waals surface area contributed by atoms with E-state index in [9.17, 15) is 0 Å². The Morgan fingerprint density at radius 2 is 0.833 bits per heavy atom. The van der Waals surface area contributed by atoms with Gasteiger partial charge in [-0.05, 0) is 5.92 Å². The third kappa shape index (κ3) is 5220. The van der Waals surface area contributed by atoms with Crippen LogP contribution < -0.4 is 0 Å². The molecule has 0 saturated carbocycles. The second-order valence-electron chi connectivity index (χ2n) is 1.73. The second-order valence-corrected chi connectivity index (χ2v) is 1.73. The summed E-state index contributed by atoms with van der Waals surface area (Å²) in [6.45, 7) is 6.50. The second kappa shape index (κ2) is 8.87. The van der Waals surface area contributed by atoms with E-state index in [2.05, 4.69) is 20.8 Å². The monoisotopic (exact) mass is 94.1 g/mol. The molecule has 0 atom stereocenters. The van der Waals surface area contributed by atoms with E-state index in [1.807, 2.05) is 0 Å². The van der Waals surface area contributed by atoms with Crippen LogP contribution in [0.1, 0.15) is 20.8 Å². The maximum atomic E-state index is 2.17. The molecule has 0 saturated heterocycles. The van der Waals surface area contributed by atoms with Gasteiger partial charge < -0.3 is 11.0 Å². The van der Waals surface area contributed by atoms with Crippen molar-refractivity contribution in [3.63, 3.8) is 0 Å². The van der Waals surface area contributed by atoms with E-state index >= 15 is 0 Å². The van der Waals surface area contributed by atoms with Gasteiger partial charge in [0.15, 0.2) is 0 Å². The maximum Gasteiger partial charge on any atom is -0.0500 e. The van der Waals surface area contributed by atoms with Crippen molar-refractivity contribution >= 4 is 0 Å². The zero-order valence-corrected chi connectivity index (χ0v) is 4.58. The lowest BCUT2D eigenvalue weighted by atomic mass is 10.3. The summed E-state index contributed by atoms with van der Waals surface area (Å²) in [4.78, 5) is 0. The maximum absolute atomic E-state index is 2.17. The van der Waals surface area contributed by atoms with Gasteiger partial charge >= 0.3 is 0 Å². The zero-order chi connectivity index (χ0) is 3.58. The molecular weight excluding hydrogens is 80.0 g/mol. The summed E-state index contributed by atoms with van der Waals surface area (Å²) in [6.07, 6.45) is 0. The van der Waals surface area contributed by atoms with E-state index in [0.29, 0.717) is 0 Å². The summed E-state index contributed by atoms with van der Waals surface area (Å²) in [7, 11) is 0. The van der Waals surface area contributed by atoms with Crippen LogP contribution in [0.5, 0.6) is 0 Å². The van der Waals surface area contributed by atoms with Gasteiger partial charge in [0.05, 0.1) is 0 Å². The molecule has 0 spiro atoms. The Morgan fingerprint density at radius 3 is 0.833 bits per heavy atom. The molecule has 2 nitrogen and oxygen atoms in total. The van der Waals surface area contributed by atoms with Crippen LogP contribution in [0, 0.1) is 5.92 Å². The van der Waals surface area contributed by atoms with E-state index < -0.39 is 0 Å². The van der Waals surface area contributed by atoms with E-state index in [1.165, 1.54) is 0 Å². The fraction of sp³-hybridized carbons (Fsp3) is 1.00. The van der Waals surface area contributed by atoms with E-state index in [-0.39, 0.29) is 11.0 Å². The Bertz CT molecular complexity index is 10.3. The third-order valence-corrected chi connectivity index (χ3v) is 0. The van der Waals surface area contributed by atoms with E-state index in [4.69, 9.17) is 0 Å². The van der Waals surface area contributed by atoms with Crippen LogP contribution in [-0.2, 0) is 0 Å². The molecule has 0 fully saturated rings. The molecule has 0 aromatic rings. The van der Waals surface area contributed by atoms with Gasteiger partial charge in [-0.25, -0.2) is 0 Å². The molecule has 0 aliphatic rings. The molecule has 0 aromatic carbocycles. The summed E-state index contributed by atoms with van der Waals surface area (Å²) in [5.74, 6) is 0.833. The zero-order valence-electron chi connectivity index (χ0n) is 4.58. The van der Waals surface area contributed by atoms with Crippen LogP contribution in [0.3, 0.4) is 0 Å². The molecule has 0 rings (SSSR count). The minimum absolute atomic E-state index is 0. The van der Waals surface area contributed by atoms with Gasteiger partial charge in [0.25, 0.3) is 0 Å². The fourth-order valence-electron chi connectivity index (χ4n) is 0. The SMILES string of the molecule is CC(C)C.O.O. The minimum Gasteiger partial charge on any atom is -0.412 e. The van der Waals surface area contributed by atoms with Crippen LogP contribution in [0.4, 0.5) is 0 Å². The fourth-order valence-corrected chi connectivity index (χ4v) is 0. The van der Waals surface area contributed by atoms with E-state index in [0.717, 1.165) is 5.92 Å². The third-order valence-electron chi connectivity index (χ3n) is 0. The summed E-state index contributed by atoms with van der Waals surface area (Å²) in [6, 6.07) is 0. The first-order valence-electron chi connectivity index (χ1n) is 1.73. The molecule has 42 valence electrons. The van der Waals surface area contributed by atoms with Crippen molar-refractivity contribution in [2.24, 2.45) is 5.92 Å². The lowest BCUT2D eigenvalue weighted by Crippen LogP contribution is -1.66. The average Bonchev–Trinajstić information content (AvgIpc) is 0.811. The average molecular weight is 94.2 g/mol. The van der Waals surface area contributed by atoms with Crippen LogP contribution in [0.2, 0.25) is 0 Å². The molecule has 0 aliphatic carbocycles. The number of hydrogen-bond acceptors (Lipinski definition) is 0. The molecule has 0 unspecified atom stereocenters. The Labute approximate surface area is 38.8 Å². The smallest absolute Gasteiger partial charge is 0.0500 e.